The molecule has 1 aliphatic carbocycles. The van der Waals surface area contributed by atoms with Crippen molar-refractivity contribution in [3.8, 4) is 0 Å². The van der Waals surface area contributed by atoms with Crippen LogP contribution in [0.1, 0.15) is 57.7 Å². The van der Waals surface area contributed by atoms with Crippen molar-refractivity contribution in [3.63, 3.8) is 0 Å². The van der Waals surface area contributed by atoms with Crippen molar-refractivity contribution < 1.29 is 18.8 Å². The second kappa shape index (κ2) is 8.08. The highest BCUT2D eigenvalue weighted by molar-refractivity contribution is 5.94. The van der Waals surface area contributed by atoms with Crippen LogP contribution in [0.2, 0.25) is 0 Å². The summed E-state index contributed by atoms with van der Waals surface area (Å²) in [5, 5.41) is 13.1. The van der Waals surface area contributed by atoms with Gasteiger partial charge in [-0.25, -0.2) is 9.59 Å². The number of carbonyl (C=O) groups is 2. The predicted octanol–water partition coefficient (Wildman–Crippen LogP) is 1.65. The van der Waals surface area contributed by atoms with Gasteiger partial charge in [-0.3, -0.25) is 5.32 Å². The Hall–Kier alpha value is -2.42. The Morgan fingerprint density at radius 1 is 1.37 bits per heavy atom. The second-order valence-corrected chi connectivity index (χ2v) is 7.07. The van der Waals surface area contributed by atoms with Crippen LogP contribution in [-0.4, -0.2) is 41.3 Å². The molecule has 0 saturated heterocycles. The largest absolute Gasteiger partial charge is 0.463 e. The molecule has 148 valence electrons. The van der Waals surface area contributed by atoms with E-state index in [2.05, 4.69) is 26.1 Å². The number of hydrogen-bond acceptors (Lipinski definition) is 7. The molecule has 0 aromatic carbocycles. The average molecular weight is 377 g/mol. The fourth-order valence-corrected chi connectivity index (χ4v) is 3.80. The van der Waals surface area contributed by atoms with Crippen LogP contribution in [0, 0.1) is 6.92 Å². The summed E-state index contributed by atoms with van der Waals surface area (Å²) in [6.07, 6.45) is 5.00. The summed E-state index contributed by atoms with van der Waals surface area (Å²) in [4.78, 5) is 28.8. The van der Waals surface area contributed by atoms with Crippen LogP contribution in [-0.2, 0) is 15.1 Å². The number of aromatic nitrogens is 2. The zero-order chi connectivity index (χ0) is 19.4. The summed E-state index contributed by atoms with van der Waals surface area (Å²) in [6, 6.07) is -0.759. The number of esters is 1. The summed E-state index contributed by atoms with van der Waals surface area (Å²) >= 11 is 0. The van der Waals surface area contributed by atoms with E-state index in [0.717, 1.165) is 32.1 Å². The first kappa shape index (κ1) is 19.3. The highest BCUT2D eigenvalue weighted by Crippen LogP contribution is 2.35. The van der Waals surface area contributed by atoms with Crippen molar-refractivity contribution in [1.82, 2.24) is 26.1 Å². The van der Waals surface area contributed by atoms with Crippen molar-refractivity contribution in [2.24, 2.45) is 0 Å². The fraction of sp³-hybridized carbons (Fsp3) is 0.667. The molecule has 1 aliphatic heterocycles. The number of hydrogen-bond donors (Lipinski definition) is 3. The Morgan fingerprint density at radius 2 is 2.11 bits per heavy atom. The molecule has 3 N–H and O–H groups in total. The Bertz CT molecular complexity index is 736. The molecule has 2 heterocycles. The third-order valence-corrected chi connectivity index (χ3v) is 5.13. The van der Waals surface area contributed by atoms with E-state index in [4.69, 9.17) is 9.26 Å². The molecule has 9 nitrogen and oxygen atoms in total. The number of carbonyl (C=O) groups excluding carboxylic acids is 2. The zero-order valence-corrected chi connectivity index (χ0v) is 16.1. The lowest BCUT2D eigenvalue weighted by molar-refractivity contribution is -0.139. The number of rotatable bonds is 6. The van der Waals surface area contributed by atoms with Crippen LogP contribution < -0.4 is 16.0 Å². The summed E-state index contributed by atoms with van der Waals surface area (Å²) in [7, 11) is 0. The lowest BCUT2D eigenvalue weighted by atomic mass is 9.81. The molecule has 2 aliphatic rings. The fourth-order valence-electron chi connectivity index (χ4n) is 3.80. The number of nitrogens with zero attached hydrogens (tertiary/aromatic N) is 2. The molecule has 1 atom stereocenters. The van der Waals surface area contributed by atoms with E-state index < -0.39 is 17.6 Å². The molecule has 0 bridgehead atoms. The Balaban J connectivity index is 1.86. The van der Waals surface area contributed by atoms with E-state index >= 15 is 0 Å². The second-order valence-electron chi connectivity index (χ2n) is 7.07. The van der Waals surface area contributed by atoms with Crippen molar-refractivity contribution in [3.05, 3.63) is 23.0 Å². The summed E-state index contributed by atoms with van der Waals surface area (Å²) in [6.45, 7) is 5.87. The summed E-state index contributed by atoms with van der Waals surface area (Å²) < 4.78 is 10.4. The molecule has 1 fully saturated rings. The predicted molar refractivity (Wildman–Crippen MR) is 96.6 cm³/mol. The number of aryl methyl sites for hydroxylation is 1. The van der Waals surface area contributed by atoms with Crippen LogP contribution >= 0.6 is 0 Å². The minimum absolute atomic E-state index is 0.274. The third kappa shape index (κ3) is 4.13. The van der Waals surface area contributed by atoms with Crippen LogP contribution in [0.25, 0.3) is 0 Å². The lowest BCUT2D eigenvalue weighted by Gasteiger charge is -2.36. The number of ether oxygens (including phenoxy) is 1. The van der Waals surface area contributed by atoms with Crippen LogP contribution in [0.15, 0.2) is 15.8 Å². The van der Waals surface area contributed by atoms with Gasteiger partial charge in [0.1, 0.15) is 0 Å². The minimum Gasteiger partial charge on any atom is -0.463 e. The van der Waals surface area contributed by atoms with E-state index in [1.165, 1.54) is 0 Å². The standard InChI is InChI=1S/C18H27N5O4/c1-4-26-15(24)14-11(2)20-17(25)22-13(14)10-19-18(8-6-5-7-9-18)16-21-12(3)27-23-16/h11,19H,4-10H2,1-3H3,(H2,20,22,25). The van der Waals surface area contributed by atoms with Gasteiger partial charge in [-0.05, 0) is 26.7 Å². The lowest BCUT2D eigenvalue weighted by Crippen LogP contribution is -2.53. The van der Waals surface area contributed by atoms with Gasteiger partial charge in [-0.15, -0.1) is 0 Å². The topological polar surface area (TPSA) is 118 Å². The maximum absolute atomic E-state index is 12.4. The van der Waals surface area contributed by atoms with Crippen molar-refractivity contribution in [2.75, 3.05) is 13.2 Å². The van der Waals surface area contributed by atoms with Gasteiger partial charge in [0.15, 0.2) is 5.82 Å². The molecule has 27 heavy (non-hydrogen) atoms. The smallest absolute Gasteiger partial charge is 0.337 e. The molecule has 2 amide bonds. The van der Waals surface area contributed by atoms with Crippen molar-refractivity contribution in [1.29, 1.82) is 0 Å². The monoisotopic (exact) mass is 377 g/mol. The van der Waals surface area contributed by atoms with Crippen molar-refractivity contribution >= 4 is 12.0 Å². The molecule has 0 radical (unpaired) electrons. The van der Waals surface area contributed by atoms with Crippen LogP contribution in [0.3, 0.4) is 0 Å². The zero-order valence-electron chi connectivity index (χ0n) is 16.1. The van der Waals surface area contributed by atoms with E-state index in [9.17, 15) is 9.59 Å². The van der Waals surface area contributed by atoms with Gasteiger partial charge in [0.2, 0.25) is 5.89 Å². The Kier molecular flexibility index (Phi) is 5.79. The first-order chi connectivity index (χ1) is 12.9. The quantitative estimate of drug-likeness (QED) is 0.645. The van der Waals surface area contributed by atoms with E-state index in [1.807, 2.05) is 0 Å². The van der Waals surface area contributed by atoms with E-state index in [0.29, 0.717) is 29.5 Å². The maximum atomic E-state index is 12.4. The Morgan fingerprint density at radius 3 is 2.74 bits per heavy atom. The highest BCUT2D eigenvalue weighted by Gasteiger charge is 2.39. The molecule has 3 rings (SSSR count). The molecular formula is C18H27N5O4. The first-order valence-corrected chi connectivity index (χ1v) is 9.48. The first-order valence-electron chi connectivity index (χ1n) is 9.48. The minimum atomic E-state index is -0.429. The molecular weight excluding hydrogens is 350 g/mol. The molecule has 1 unspecified atom stereocenters. The third-order valence-electron chi connectivity index (χ3n) is 5.13. The van der Waals surface area contributed by atoms with Gasteiger partial charge >= 0.3 is 12.0 Å². The number of amides is 2. The van der Waals surface area contributed by atoms with Gasteiger partial charge in [0, 0.05) is 19.2 Å². The van der Waals surface area contributed by atoms with Gasteiger partial charge in [-0.1, -0.05) is 24.4 Å². The number of nitrogens with one attached hydrogen (secondary N) is 3. The normalized spacial score (nSPS) is 22.2. The molecule has 1 aromatic heterocycles. The van der Waals surface area contributed by atoms with Gasteiger partial charge < -0.3 is 19.9 Å². The van der Waals surface area contributed by atoms with E-state index in [1.54, 1.807) is 20.8 Å². The SMILES string of the molecule is CCOC(=O)C1=C(CNC2(c3noc(C)n3)CCCCC2)NC(=O)NC1C. The maximum Gasteiger partial charge on any atom is 0.337 e. The Labute approximate surface area is 158 Å². The number of urea groups is 1. The summed E-state index contributed by atoms with van der Waals surface area (Å²) in [5.41, 5.74) is 0.524. The molecule has 1 saturated carbocycles. The van der Waals surface area contributed by atoms with Crippen LogP contribution in [0.4, 0.5) is 4.79 Å². The molecule has 9 heteroatoms. The van der Waals surface area contributed by atoms with Gasteiger partial charge in [0.25, 0.3) is 0 Å². The molecule has 1 aromatic rings. The van der Waals surface area contributed by atoms with Gasteiger partial charge in [0.05, 0.1) is 23.8 Å². The average Bonchev–Trinajstić information content (AvgIpc) is 3.07. The highest BCUT2D eigenvalue weighted by atomic mass is 16.5. The molecule has 0 spiro atoms. The summed E-state index contributed by atoms with van der Waals surface area (Å²) in [5.74, 6) is 0.723. The van der Waals surface area contributed by atoms with Crippen molar-refractivity contribution in [2.45, 2.75) is 64.5 Å². The van der Waals surface area contributed by atoms with Gasteiger partial charge in [-0.2, -0.15) is 4.98 Å². The van der Waals surface area contributed by atoms with Crippen LogP contribution in [0.5, 0.6) is 0 Å². The van der Waals surface area contributed by atoms with E-state index in [-0.39, 0.29) is 12.6 Å².